The van der Waals surface area contributed by atoms with Crippen LogP contribution in [0.5, 0.6) is 0 Å². The summed E-state index contributed by atoms with van der Waals surface area (Å²) in [5, 5.41) is 1.24. The van der Waals surface area contributed by atoms with E-state index in [-0.39, 0.29) is 0 Å². The van der Waals surface area contributed by atoms with Crippen molar-refractivity contribution in [2.45, 2.75) is 33.6 Å². The van der Waals surface area contributed by atoms with Gasteiger partial charge in [-0.3, -0.25) is 0 Å². The van der Waals surface area contributed by atoms with Gasteiger partial charge in [-0.25, -0.2) is 4.98 Å². The third kappa shape index (κ3) is 1.55. The molecule has 14 heavy (non-hydrogen) atoms. The van der Waals surface area contributed by atoms with Crippen molar-refractivity contribution >= 4 is 21.6 Å². The number of benzene rings is 1. The van der Waals surface area contributed by atoms with Crippen molar-refractivity contribution in [3.05, 3.63) is 28.3 Å². The summed E-state index contributed by atoms with van der Waals surface area (Å²) in [5.74, 6) is 0.535. The second kappa shape index (κ2) is 3.35. The van der Waals surface area contributed by atoms with E-state index in [0.717, 1.165) is 5.52 Å². The Bertz CT molecular complexity index is 429. The predicted octanol–water partition coefficient (Wildman–Crippen LogP) is 4.04. The maximum absolute atomic E-state index is 4.63. The summed E-state index contributed by atoms with van der Waals surface area (Å²) in [6.07, 6.45) is 0. The highest BCUT2D eigenvalue weighted by atomic mass is 32.1. The van der Waals surface area contributed by atoms with Crippen LogP contribution in [0, 0.1) is 13.8 Å². The molecule has 2 heteroatoms. The summed E-state index contributed by atoms with van der Waals surface area (Å²) < 4.78 is 1.32. The fourth-order valence-electron chi connectivity index (χ4n) is 1.44. The first-order valence-corrected chi connectivity index (χ1v) is 5.77. The highest BCUT2D eigenvalue weighted by molar-refractivity contribution is 7.18. The summed E-state index contributed by atoms with van der Waals surface area (Å²) in [6, 6.07) is 4.43. The van der Waals surface area contributed by atoms with Crippen molar-refractivity contribution in [1.29, 1.82) is 0 Å². The number of rotatable bonds is 1. The molecule has 0 amide bonds. The molecule has 0 fully saturated rings. The number of aromatic nitrogens is 1. The molecule has 1 heterocycles. The van der Waals surface area contributed by atoms with Gasteiger partial charge in [0.1, 0.15) is 0 Å². The minimum atomic E-state index is 0.535. The highest BCUT2D eigenvalue weighted by Gasteiger charge is 2.07. The van der Waals surface area contributed by atoms with E-state index >= 15 is 0 Å². The van der Waals surface area contributed by atoms with Crippen LogP contribution in [0.25, 0.3) is 10.2 Å². The molecule has 74 valence electrons. The summed E-state index contributed by atoms with van der Waals surface area (Å²) in [7, 11) is 0. The number of hydrogen-bond acceptors (Lipinski definition) is 2. The summed E-state index contributed by atoms with van der Waals surface area (Å²) in [4.78, 5) is 4.63. The van der Waals surface area contributed by atoms with Gasteiger partial charge in [-0.1, -0.05) is 13.8 Å². The number of fused-ring (bicyclic) bond motifs is 1. The van der Waals surface area contributed by atoms with Crippen molar-refractivity contribution in [2.24, 2.45) is 0 Å². The lowest BCUT2D eigenvalue weighted by molar-refractivity contribution is 0.857. The molecule has 0 N–H and O–H groups in total. The third-order valence-corrected chi connectivity index (χ3v) is 3.83. The molecule has 2 aromatic rings. The molecular formula is C12H15NS. The SMILES string of the molecule is Cc1cc2nc(C(C)C)sc2cc1C. The van der Waals surface area contributed by atoms with Gasteiger partial charge in [0, 0.05) is 5.92 Å². The first-order valence-electron chi connectivity index (χ1n) is 4.95. The van der Waals surface area contributed by atoms with E-state index in [0.29, 0.717) is 5.92 Å². The minimum absolute atomic E-state index is 0.535. The lowest BCUT2D eigenvalue weighted by Gasteiger charge is -1.97. The molecular weight excluding hydrogens is 190 g/mol. The van der Waals surface area contributed by atoms with Gasteiger partial charge in [-0.15, -0.1) is 11.3 Å². The summed E-state index contributed by atoms with van der Waals surface area (Å²) >= 11 is 1.82. The molecule has 0 saturated heterocycles. The van der Waals surface area contributed by atoms with Crippen LogP contribution in [0.15, 0.2) is 12.1 Å². The van der Waals surface area contributed by atoms with Crippen LogP contribution in [-0.2, 0) is 0 Å². The van der Waals surface area contributed by atoms with Crippen molar-refractivity contribution < 1.29 is 0 Å². The van der Waals surface area contributed by atoms with Crippen LogP contribution in [-0.4, -0.2) is 4.98 Å². The summed E-state index contributed by atoms with van der Waals surface area (Å²) in [5.41, 5.74) is 3.84. The topological polar surface area (TPSA) is 12.9 Å². The second-order valence-electron chi connectivity index (χ2n) is 4.11. The van der Waals surface area contributed by atoms with Crippen LogP contribution in [0.3, 0.4) is 0 Å². The number of hydrogen-bond donors (Lipinski definition) is 0. The van der Waals surface area contributed by atoms with E-state index < -0.39 is 0 Å². The number of thiazole rings is 1. The Labute approximate surface area is 88.8 Å². The Balaban J connectivity index is 2.66. The largest absolute Gasteiger partial charge is 0.241 e. The van der Waals surface area contributed by atoms with Crippen molar-refractivity contribution in [1.82, 2.24) is 4.98 Å². The average molecular weight is 205 g/mol. The van der Waals surface area contributed by atoms with E-state index in [4.69, 9.17) is 0 Å². The maximum atomic E-state index is 4.63. The molecule has 2 rings (SSSR count). The fourth-order valence-corrected chi connectivity index (χ4v) is 2.49. The van der Waals surface area contributed by atoms with Gasteiger partial charge in [0.05, 0.1) is 15.2 Å². The molecule has 0 radical (unpaired) electrons. The first kappa shape index (κ1) is 9.66. The Kier molecular flexibility index (Phi) is 2.31. The fraction of sp³-hybridized carbons (Fsp3) is 0.417. The molecule has 0 unspecified atom stereocenters. The predicted molar refractivity (Wildman–Crippen MR) is 63.2 cm³/mol. The molecule has 1 nitrogen and oxygen atoms in total. The number of aryl methyl sites for hydroxylation is 2. The lowest BCUT2D eigenvalue weighted by Crippen LogP contribution is -1.83. The molecule has 0 aliphatic carbocycles. The van der Waals surface area contributed by atoms with Crippen molar-refractivity contribution in [2.75, 3.05) is 0 Å². The third-order valence-electron chi connectivity index (χ3n) is 2.51. The zero-order valence-electron chi connectivity index (χ0n) is 9.09. The molecule has 0 spiro atoms. The lowest BCUT2D eigenvalue weighted by atomic mass is 10.1. The number of nitrogens with zero attached hydrogens (tertiary/aromatic N) is 1. The molecule has 0 saturated carbocycles. The maximum Gasteiger partial charge on any atom is 0.0963 e. The zero-order valence-corrected chi connectivity index (χ0v) is 9.90. The Morgan fingerprint density at radius 1 is 1.14 bits per heavy atom. The molecule has 1 aromatic carbocycles. The van der Waals surface area contributed by atoms with Gasteiger partial charge in [0.15, 0.2) is 0 Å². The second-order valence-corrected chi connectivity index (χ2v) is 5.17. The molecule has 0 atom stereocenters. The first-order chi connectivity index (χ1) is 6.58. The van der Waals surface area contributed by atoms with Gasteiger partial charge in [0.25, 0.3) is 0 Å². The summed E-state index contributed by atoms with van der Waals surface area (Å²) in [6.45, 7) is 8.68. The van der Waals surface area contributed by atoms with Crippen LogP contribution in [0.1, 0.15) is 35.9 Å². The monoisotopic (exact) mass is 205 g/mol. The smallest absolute Gasteiger partial charge is 0.0963 e. The van der Waals surface area contributed by atoms with Gasteiger partial charge in [-0.2, -0.15) is 0 Å². The van der Waals surface area contributed by atoms with Crippen LogP contribution in [0.2, 0.25) is 0 Å². The Morgan fingerprint density at radius 3 is 2.43 bits per heavy atom. The Morgan fingerprint density at radius 2 is 1.79 bits per heavy atom. The molecule has 0 aliphatic heterocycles. The normalized spacial score (nSPS) is 11.5. The van der Waals surface area contributed by atoms with Gasteiger partial charge in [0.2, 0.25) is 0 Å². The zero-order chi connectivity index (χ0) is 10.3. The van der Waals surface area contributed by atoms with Crippen LogP contribution in [0.4, 0.5) is 0 Å². The molecule has 0 bridgehead atoms. The van der Waals surface area contributed by atoms with Gasteiger partial charge in [-0.05, 0) is 37.1 Å². The van der Waals surface area contributed by atoms with E-state index in [1.807, 2.05) is 11.3 Å². The quantitative estimate of drug-likeness (QED) is 0.684. The molecule has 0 aliphatic rings. The van der Waals surface area contributed by atoms with Crippen LogP contribution < -0.4 is 0 Å². The minimum Gasteiger partial charge on any atom is -0.241 e. The Hall–Kier alpha value is -0.890. The van der Waals surface area contributed by atoms with Crippen molar-refractivity contribution in [3.8, 4) is 0 Å². The van der Waals surface area contributed by atoms with E-state index in [1.54, 1.807) is 0 Å². The van der Waals surface area contributed by atoms with E-state index in [1.165, 1.54) is 20.8 Å². The van der Waals surface area contributed by atoms with E-state index in [2.05, 4.69) is 44.8 Å². The van der Waals surface area contributed by atoms with Gasteiger partial charge >= 0.3 is 0 Å². The van der Waals surface area contributed by atoms with Crippen molar-refractivity contribution in [3.63, 3.8) is 0 Å². The van der Waals surface area contributed by atoms with Gasteiger partial charge < -0.3 is 0 Å². The highest BCUT2D eigenvalue weighted by Crippen LogP contribution is 2.28. The van der Waals surface area contributed by atoms with E-state index in [9.17, 15) is 0 Å². The standard InChI is InChI=1S/C12H15NS/c1-7(2)12-13-10-5-8(3)9(4)6-11(10)14-12/h5-7H,1-4H3. The average Bonchev–Trinajstić information content (AvgIpc) is 2.48. The molecule has 1 aromatic heterocycles. The van der Waals surface area contributed by atoms with Crippen LogP contribution >= 0.6 is 11.3 Å².